The average Bonchev–Trinajstić information content (AvgIpc) is 3.28. The third-order valence-corrected chi connectivity index (χ3v) is 5.69. The minimum absolute atomic E-state index is 0.122. The summed E-state index contributed by atoms with van der Waals surface area (Å²) in [5, 5.41) is 11.4. The topological polar surface area (TPSA) is 77.4 Å². The van der Waals surface area contributed by atoms with Crippen LogP contribution in [0.15, 0.2) is 79.0 Å². The van der Waals surface area contributed by atoms with Crippen LogP contribution in [0.1, 0.15) is 27.7 Å². The van der Waals surface area contributed by atoms with Crippen LogP contribution in [-0.4, -0.2) is 29.9 Å². The highest BCUT2D eigenvalue weighted by molar-refractivity contribution is 6.01. The highest BCUT2D eigenvalue weighted by Crippen LogP contribution is 2.36. The molecule has 2 heterocycles. The van der Waals surface area contributed by atoms with Crippen molar-refractivity contribution in [2.45, 2.75) is 12.7 Å². The molecule has 0 saturated heterocycles. The predicted octanol–water partition coefficient (Wildman–Crippen LogP) is 4.47. The van der Waals surface area contributed by atoms with Gasteiger partial charge in [-0.1, -0.05) is 42.5 Å². The quantitative estimate of drug-likeness (QED) is 0.463. The van der Waals surface area contributed by atoms with Gasteiger partial charge in [-0.15, -0.1) is 0 Å². The second kappa shape index (κ2) is 8.70. The van der Waals surface area contributed by atoms with Gasteiger partial charge in [-0.05, 0) is 35.9 Å². The molecule has 0 saturated carbocycles. The smallest absolute Gasteiger partial charge is 0.255 e. The van der Waals surface area contributed by atoms with Crippen molar-refractivity contribution in [1.29, 1.82) is 0 Å². The Hall–Kier alpha value is -4.26. The molecule has 0 spiro atoms. The van der Waals surface area contributed by atoms with Gasteiger partial charge in [0, 0.05) is 23.0 Å². The van der Waals surface area contributed by atoms with Crippen molar-refractivity contribution in [2.24, 2.45) is 0 Å². The van der Waals surface area contributed by atoms with Gasteiger partial charge in [0.2, 0.25) is 0 Å². The summed E-state index contributed by atoms with van der Waals surface area (Å²) in [6.45, 7) is 0.610. The Labute approximate surface area is 192 Å². The second-order valence-corrected chi connectivity index (χ2v) is 7.78. The van der Waals surface area contributed by atoms with Gasteiger partial charge in [0.15, 0.2) is 11.5 Å². The van der Waals surface area contributed by atoms with E-state index in [-0.39, 0.29) is 5.91 Å². The molecule has 2 N–H and O–H groups in total. The van der Waals surface area contributed by atoms with E-state index in [1.165, 1.54) is 0 Å². The molecule has 0 bridgehead atoms. The van der Waals surface area contributed by atoms with Crippen molar-refractivity contribution >= 4 is 11.6 Å². The molecule has 1 aliphatic heterocycles. The first-order chi connectivity index (χ1) is 16.2. The zero-order valence-electron chi connectivity index (χ0n) is 18.4. The van der Waals surface area contributed by atoms with Gasteiger partial charge >= 0.3 is 0 Å². The molecule has 7 nitrogen and oxygen atoms in total. The maximum atomic E-state index is 12.8. The van der Waals surface area contributed by atoms with Crippen LogP contribution in [-0.2, 0) is 6.54 Å². The Morgan fingerprint density at radius 1 is 0.909 bits per heavy atom. The third kappa shape index (κ3) is 4.01. The summed E-state index contributed by atoms with van der Waals surface area (Å²) < 4.78 is 12.8. The van der Waals surface area contributed by atoms with Gasteiger partial charge < -0.3 is 20.1 Å². The summed E-state index contributed by atoms with van der Waals surface area (Å²) in [6, 6.07) is 23.3. The average molecular weight is 441 g/mol. The van der Waals surface area contributed by atoms with Crippen molar-refractivity contribution in [2.75, 3.05) is 19.5 Å². The molecule has 1 atom stereocenters. The summed E-state index contributed by atoms with van der Waals surface area (Å²) in [5.74, 6) is 1.14. The number of hydrogen-bond acceptors (Lipinski definition) is 5. The fourth-order valence-corrected chi connectivity index (χ4v) is 4.07. The first kappa shape index (κ1) is 20.6. The molecule has 1 aliphatic rings. The first-order valence-electron chi connectivity index (χ1n) is 10.7. The van der Waals surface area contributed by atoms with Crippen LogP contribution < -0.4 is 20.1 Å². The van der Waals surface area contributed by atoms with E-state index in [9.17, 15) is 4.79 Å². The lowest BCUT2D eigenvalue weighted by molar-refractivity contribution is 0.0936. The molecule has 33 heavy (non-hydrogen) atoms. The number of amides is 1. The molecule has 5 rings (SSSR count). The highest BCUT2D eigenvalue weighted by Gasteiger charge is 2.28. The molecule has 0 aliphatic carbocycles. The van der Waals surface area contributed by atoms with Gasteiger partial charge in [-0.3, -0.25) is 9.48 Å². The number of nitrogens with zero attached hydrogens (tertiary/aromatic N) is 2. The molecular weight excluding hydrogens is 416 g/mol. The number of rotatable bonds is 6. The SMILES string of the molecule is COc1ccc(-c2nn(Cc3ccccc3)cc2[C@@H]2NC(=O)c3ccccc3N2)cc1OC. The molecule has 4 aromatic rings. The van der Waals surface area contributed by atoms with Crippen LogP contribution in [0.2, 0.25) is 0 Å². The largest absolute Gasteiger partial charge is 0.493 e. The zero-order valence-corrected chi connectivity index (χ0v) is 18.4. The molecule has 166 valence electrons. The van der Waals surface area contributed by atoms with E-state index >= 15 is 0 Å². The van der Waals surface area contributed by atoms with Crippen LogP contribution in [0.4, 0.5) is 5.69 Å². The lowest BCUT2D eigenvalue weighted by Crippen LogP contribution is -2.38. The number of carbonyl (C=O) groups excluding carboxylic acids is 1. The van der Waals surface area contributed by atoms with E-state index in [0.717, 1.165) is 28.1 Å². The fraction of sp³-hybridized carbons (Fsp3) is 0.154. The summed E-state index contributed by atoms with van der Waals surface area (Å²) in [5.41, 5.74) is 5.03. The predicted molar refractivity (Wildman–Crippen MR) is 127 cm³/mol. The number of nitrogens with one attached hydrogen (secondary N) is 2. The standard InChI is InChI=1S/C26H24N4O3/c1-32-22-13-12-18(14-23(22)33-2)24-20(16-30(29-24)15-17-8-4-3-5-9-17)25-27-21-11-7-6-10-19(21)26(31)28-25/h3-14,16,25,27H,15H2,1-2H3,(H,28,31)/t25-/m0/s1. The van der Waals surface area contributed by atoms with Crippen LogP contribution in [0, 0.1) is 0 Å². The Kier molecular flexibility index (Phi) is 5.44. The number of anilines is 1. The number of aromatic nitrogens is 2. The lowest BCUT2D eigenvalue weighted by atomic mass is 10.0. The summed E-state index contributed by atoms with van der Waals surface area (Å²) in [4.78, 5) is 12.8. The van der Waals surface area contributed by atoms with Gasteiger partial charge in [-0.25, -0.2) is 0 Å². The number of ether oxygens (including phenoxy) is 2. The lowest BCUT2D eigenvalue weighted by Gasteiger charge is -2.27. The Balaban J connectivity index is 1.58. The van der Waals surface area contributed by atoms with Gasteiger partial charge in [0.1, 0.15) is 6.17 Å². The second-order valence-electron chi connectivity index (χ2n) is 7.78. The molecular formula is C26H24N4O3. The number of methoxy groups -OCH3 is 2. The molecule has 0 radical (unpaired) electrons. The molecule has 7 heteroatoms. The number of benzene rings is 3. The van der Waals surface area contributed by atoms with E-state index in [1.54, 1.807) is 14.2 Å². The molecule has 1 aromatic heterocycles. The zero-order chi connectivity index (χ0) is 22.8. The van der Waals surface area contributed by atoms with Crippen molar-refractivity contribution in [3.05, 3.63) is 95.7 Å². The fourth-order valence-electron chi connectivity index (χ4n) is 4.07. The van der Waals surface area contributed by atoms with Gasteiger partial charge in [0.05, 0.1) is 32.0 Å². The van der Waals surface area contributed by atoms with Crippen molar-refractivity contribution in [3.8, 4) is 22.8 Å². The first-order valence-corrected chi connectivity index (χ1v) is 10.7. The van der Waals surface area contributed by atoms with Crippen molar-refractivity contribution in [3.63, 3.8) is 0 Å². The van der Waals surface area contributed by atoms with E-state index in [0.29, 0.717) is 23.6 Å². The Bertz CT molecular complexity index is 1300. The minimum atomic E-state index is -0.431. The molecule has 0 unspecified atom stereocenters. The maximum Gasteiger partial charge on any atom is 0.255 e. The van der Waals surface area contributed by atoms with Gasteiger partial charge in [-0.2, -0.15) is 5.10 Å². The maximum absolute atomic E-state index is 12.8. The van der Waals surface area contributed by atoms with Crippen molar-refractivity contribution < 1.29 is 14.3 Å². The highest BCUT2D eigenvalue weighted by atomic mass is 16.5. The van der Waals surface area contributed by atoms with Crippen LogP contribution in [0.5, 0.6) is 11.5 Å². The Morgan fingerprint density at radius 2 is 1.67 bits per heavy atom. The number of carbonyl (C=O) groups is 1. The summed E-state index contributed by atoms with van der Waals surface area (Å²) in [7, 11) is 3.22. The molecule has 1 amide bonds. The Morgan fingerprint density at radius 3 is 2.45 bits per heavy atom. The number of fused-ring (bicyclic) bond motifs is 1. The van der Waals surface area contributed by atoms with E-state index in [1.807, 2.05) is 71.5 Å². The van der Waals surface area contributed by atoms with Gasteiger partial charge in [0.25, 0.3) is 5.91 Å². The van der Waals surface area contributed by atoms with E-state index in [4.69, 9.17) is 14.6 Å². The normalized spacial score (nSPS) is 14.7. The van der Waals surface area contributed by atoms with E-state index in [2.05, 4.69) is 22.8 Å². The molecule has 3 aromatic carbocycles. The third-order valence-electron chi connectivity index (χ3n) is 5.69. The van der Waals surface area contributed by atoms with Crippen molar-refractivity contribution in [1.82, 2.24) is 15.1 Å². The van der Waals surface area contributed by atoms with Crippen LogP contribution >= 0.6 is 0 Å². The number of hydrogen-bond donors (Lipinski definition) is 2. The van der Waals surface area contributed by atoms with E-state index < -0.39 is 6.17 Å². The van der Waals surface area contributed by atoms with Crippen LogP contribution in [0.3, 0.4) is 0 Å². The minimum Gasteiger partial charge on any atom is -0.493 e. The monoisotopic (exact) mass is 440 g/mol. The summed E-state index contributed by atoms with van der Waals surface area (Å²) in [6.07, 6.45) is 1.55. The number of para-hydroxylation sites is 1. The van der Waals surface area contributed by atoms with Crippen LogP contribution in [0.25, 0.3) is 11.3 Å². The molecule has 0 fully saturated rings. The summed E-state index contributed by atoms with van der Waals surface area (Å²) >= 11 is 0.